The highest BCUT2D eigenvalue weighted by molar-refractivity contribution is 9.10. The molecule has 8 nitrogen and oxygen atoms in total. The van der Waals surface area contributed by atoms with Gasteiger partial charge in [0.25, 0.3) is 0 Å². The number of rotatable bonds is 8. The average Bonchev–Trinajstić information content (AvgIpc) is 3.47. The molecule has 0 radical (unpaired) electrons. The van der Waals surface area contributed by atoms with E-state index in [-0.39, 0.29) is 7.92 Å². The highest BCUT2D eigenvalue weighted by Gasteiger charge is 2.18. The fraction of sp³-hybridized carbons (Fsp3) is 0.296. The second kappa shape index (κ2) is 11.9. The van der Waals surface area contributed by atoms with E-state index in [1.165, 1.54) is 5.30 Å². The number of halogens is 1. The molecule has 3 heterocycles. The summed E-state index contributed by atoms with van der Waals surface area (Å²) in [5.74, 6) is 1.99. The van der Waals surface area contributed by atoms with Crippen LogP contribution in [0.5, 0.6) is 5.75 Å². The summed E-state index contributed by atoms with van der Waals surface area (Å²) in [5.41, 5.74) is 5.20. The first kappa shape index (κ1) is 26.8. The Bertz CT molecular complexity index is 1410. The Hall–Kier alpha value is -2.78. The standard InChI is InChI=1S/C27H30BrN6O2PS/c1-17-13-22(34-8-10-36-11-9-34)23(35-2)15-21(17)32-27-30-16-19(28)25(33-27)31-20-6-5-18(14-24(20)37(3)4)26-29-7-12-38-26/h5-7,12-16H,8-11H2,1-4H3,(H2,30,31,32,33). The van der Waals surface area contributed by atoms with Gasteiger partial charge in [0.15, 0.2) is 0 Å². The fourth-order valence-corrected chi connectivity index (χ4v) is 6.23. The minimum absolute atomic E-state index is 0.366. The Morgan fingerprint density at radius 3 is 2.61 bits per heavy atom. The molecule has 0 atom stereocenters. The fourth-order valence-electron chi connectivity index (χ4n) is 4.29. The first-order chi connectivity index (χ1) is 18.4. The molecule has 11 heteroatoms. The zero-order valence-corrected chi connectivity index (χ0v) is 25.1. The monoisotopic (exact) mass is 612 g/mol. The molecule has 38 heavy (non-hydrogen) atoms. The van der Waals surface area contributed by atoms with Crippen molar-refractivity contribution in [3.63, 3.8) is 0 Å². The van der Waals surface area contributed by atoms with Gasteiger partial charge < -0.3 is 25.0 Å². The number of thiazole rings is 1. The van der Waals surface area contributed by atoms with Crippen molar-refractivity contribution < 1.29 is 9.47 Å². The molecule has 2 aromatic heterocycles. The molecule has 0 spiro atoms. The number of anilines is 5. The minimum Gasteiger partial charge on any atom is -0.495 e. The van der Waals surface area contributed by atoms with Crippen molar-refractivity contribution in [2.45, 2.75) is 6.92 Å². The van der Waals surface area contributed by atoms with Crippen molar-refractivity contribution in [3.05, 3.63) is 58.1 Å². The molecule has 1 aliphatic rings. The number of benzene rings is 2. The third-order valence-electron chi connectivity index (χ3n) is 6.28. The SMILES string of the molecule is COc1cc(Nc2ncc(Br)c(Nc3ccc(-c4nccs4)cc3P(C)C)n2)c(C)cc1N1CCOCC1. The number of ether oxygens (including phenoxy) is 2. The van der Waals surface area contributed by atoms with Crippen molar-refractivity contribution in [2.24, 2.45) is 0 Å². The van der Waals surface area contributed by atoms with Crippen LogP contribution in [0.4, 0.5) is 28.8 Å². The maximum Gasteiger partial charge on any atom is 0.229 e. The molecule has 2 aromatic carbocycles. The first-order valence-corrected chi connectivity index (χ1v) is 16.1. The molecule has 0 aliphatic carbocycles. The number of aryl methyl sites for hydroxylation is 1. The predicted octanol–water partition coefficient (Wildman–Crippen LogP) is 6.37. The lowest BCUT2D eigenvalue weighted by Crippen LogP contribution is -2.36. The van der Waals surface area contributed by atoms with Gasteiger partial charge in [0.2, 0.25) is 5.95 Å². The van der Waals surface area contributed by atoms with Crippen molar-refractivity contribution in [1.29, 1.82) is 0 Å². The molecule has 2 N–H and O–H groups in total. The van der Waals surface area contributed by atoms with Crippen molar-refractivity contribution >= 4 is 69.3 Å². The Morgan fingerprint density at radius 2 is 1.89 bits per heavy atom. The quantitative estimate of drug-likeness (QED) is 0.222. The molecular weight excluding hydrogens is 583 g/mol. The van der Waals surface area contributed by atoms with Crippen LogP contribution in [0, 0.1) is 6.92 Å². The molecule has 5 rings (SSSR count). The van der Waals surface area contributed by atoms with Crippen molar-refractivity contribution in [1.82, 2.24) is 15.0 Å². The van der Waals surface area contributed by atoms with Gasteiger partial charge in [-0.15, -0.1) is 11.3 Å². The van der Waals surface area contributed by atoms with E-state index >= 15 is 0 Å². The van der Waals surface area contributed by atoms with E-state index in [4.69, 9.17) is 14.5 Å². The Balaban J connectivity index is 1.41. The molecule has 4 aromatic rings. The highest BCUT2D eigenvalue weighted by Crippen LogP contribution is 2.37. The van der Waals surface area contributed by atoms with Crippen LogP contribution >= 0.6 is 35.2 Å². The number of hydrogen-bond donors (Lipinski definition) is 2. The van der Waals surface area contributed by atoms with Crippen LogP contribution in [0.25, 0.3) is 10.6 Å². The Morgan fingerprint density at radius 1 is 1.08 bits per heavy atom. The van der Waals surface area contributed by atoms with Gasteiger partial charge in [0.1, 0.15) is 16.6 Å². The molecular formula is C27H30BrN6O2PS. The smallest absolute Gasteiger partial charge is 0.229 e. The van der Waals surface area contributed by atoms with Gasteiger partial charge in [-0.05, 0) is 71.3 Å². The highest BCUT2D eigenvalue weighted by atomic mass is 79.9. The normalized spacial score (nSPS) is 13.6. The van der Waals surface area contributed by atoms with Crippen molar-refractivity contribution in [3.8, 4) is 16.3 Å². The zero-order chi connectivity index (χ0) is 26.6. The molecule has 0 saturated carbocycles. The molecule has 1 saturated heterocycles. The maximum absolute atomic E-state index is 5.74. The Kier molecular flexibility index (Phi) is 8.43. The Labute approximate surface area is 236 Å². The van der Waals surface area contributed by atoms with Crippen LogP contribution in [0.1, 0.15) is 5.56 Å². The van der Waals surface area contributed by atoms with Crippen LogP contribution in [0.2, 0.25) is 0 Å². The van der Waals surface area contributed by atoms with Gasteiger partial charge in [-0.3, -0.25) is 0 Å². The summed E-state index contributed by atoms with van der Waals surface area (Å²) in [7, 11) is 1.33. The van der Waals surface area contributed by atoms with Gasteiger partial charge in [-0.25, -0.2) is 9.97 Å². The van der Waals surface area contributed by atoms with E-state index in [2.05, 4.69) is 86.0 Å². The lowest BCUT2D eigenvalue weighted by Gasteiger charge is -2.30. The second-order valence-electron chi connectivity index (χ2n) is 9.04. The molecule has 0 unspecified atom stereocenters. The van der Waals surface area contributed by atoms with Crippen LogP contribution in [-0.4, -0.2) is 61.7 Å². The van der Waals surface area contributed by atoms with Gasteiger partial charge in [-0.1, -0.05) is 7.92 Å². The summed E-state index contributed by atoms with van der Waals surface area (Å²) < 4.78 is 12.0. The van der Waals surface area contributed by atoms with E-state index < -0.39 is 0 Å². The van der Waals surface area contributed by atoms with E-state index in [0.29, 0.717) is 11.8 Å². The topological polar surface area (TPSA) is 84.4 Å². The van der Waals surface area contributed by atoms with Gasteiger partial charge in [0, 0.05) is 53.9 Å². The van der Waals surface area contributed by atoms with Crippen LogP contribution < -0.4 is 25.6 Å². The third-order valence-corrected chi connectivity index (χ3v) is 9.02. The number of nitrogens with one attached hydrogen (secondary N) is 2. The van der Waals surface area contributed by atoms with E-state index in [9.17, 15) is 0 Å². The van der Waals surface area contributed by atoms with Crippen LogP contribution in [0.15, 0.2) is 52.6 Å². The zero-order valence-electron chi connectivity index (χ0n) is 21.8. The van der Waals surface area contributed by atoms with Crippen LogP contribution in [0.3, 0.4) is 0 Å². The summed E-state index contributed by atoms with van der Waals surface area (Å²) >= 11 is 5.26. The second-order valence-corrected chi connectivity index (χ2v) is 13.1. The maximum atomic E-state index is 5.74. The van der Waals surface area contributed by atoms with E-state index in [1.807, 2.05) is 17.6 Å². The number of morpholine rings is 1. The van der Waals surface area contributed by atoms with E-state index in [1.54, 1.807) is 24.6 Å². The molecule has 1 fully saturated rings. The summed E-state index contributed by atoms with van der Waals surface area (Å²) in [6.45, 7) is 9.71. The number of hydrogen-bond acceptors (Lipinski definition) is 9. The number of aromatic nitrogens is 3. The van der Waals surface area contributed by atoms with Gasteiger partial charge in [0.05, 0.1) is 30.5 Å². The third kappa shape index (κ3) is 5.94. The molecule has 198 valence electrons. The molecule has 0 amide bonds. The minimum atomic E-state index is -0.366. The van der Waals surface area contributed by atoms with Crippen molar-refractivity contribution in [2.75, 3.05) is 62.3 Å². The summed E-state index contributed by atoms with van der Waals surface area (Å²) in [5, 5.41) is 11.2. The summed E-state index contributed by atoms with van der Waals surface area (Å²) in [4.78, 5) is 16.1. The van der Waals surface area contributed by atoms with Gasteiger partial charge in [-0.2, -0.15) is 4.98 Å². The molecule has 0 bridgehead atoms. The number of methoxy groups -OCH3 is 1. The largest absolute Gasteiger partial charge is 0.495 e. The summed E-state index contributed by atoms with van der Waals surface area (Å²) in [6, 6.07) is 10.6. The number of nitrogens with zero attached hydrogens (tertiary/aromatic N) is 4. The first-order valence-electron chi connectivity index (χ1n) is 12.2. The van der Waals surface area contributed by atoms with Crippen LogP contribution in [-0.2, 0) is 4.74 Å². The lowest BCUT2D eigenvalue weighted by molar-refractivity contribution is 0.122. The van der Waals surface area contributed by atoms with Gasteiger partial charge >= 0.3 is 0 Å². The average molecular weight is 614 g/mol. The molecule has 1 aliphatic heterocycles. The lowest BCUT2D eigenvalue weighted by atomic mass is 10.1. The summed E-state index contributed by atoms with van der Waals surface area (Å²) in [6.07, 6.45) is 3.60. The predicted molar refractivity (Wildman–Crippen MR) is 163 cm³/mol. The van der Waals surface area contributed by atoms with E-state index in [0.717, 1.165) is 69.7 Å².